The van der Waals surface area contributed by atoms with Crippen LogP contribution in [-0.4, -0.2) is 33.1 Å². The Balaban J connectivity index is 0. The molecular weight excluding hydrogens is 331 g/mol. The van der Waals surface area contributed by atoms with Gasteiger partial charge in [-0.25, -0.2) is 0 Å². The Bertz CT molecular complexity index is 564. The predicted octanol–water partition coefficient (Wildman–Crippen LogP) is 4.86. The minimum Gasteiger partial charge on any atom is -0.300 e. The normalized spacial score (nSPS) is 26.8. The molecule has 0 heterocycles. The molecule has 0 aromatic heterocycles. The quantitative estimate of drug-likeness (QED) is 0.289. The van der Waals surface area contributed by atoms with Crippen molar-refractivity contribution in [3.63, 3.8) is 0 Å². The second-order valence-corrected chi connectivity index (χ2v) is 7.00. The summed E-state index contributed by atoms with van der Waals surface area (Å²) < 4.78 is 0. The van der Waals surface area contributed by atoms with E-state index >= 15 is 0 Å². The summed E-state index contributed by atoms with van der Waals surface area (Å²) in [4.78, 5) is 27.8. The van der Waals surface area contributed by atoms with Crippen LogP contribution >= 0.6 is 0 Å². The highest BCUT2D eigenvalue weighted by Gasteiger charge is 2.29. The van der Waals surface area contributed by atoms with Gasteiger partial charge < -0.3 is 0 Å². The van der Waals surface area contributed by atoms with Crippen LogP contribution in [0.15, 0.2) is 10.2 Å². The third-order valence-electron chi connectivity index (χ3n) is 5.37. The number of ketones is 2. The van der Waals surface area contributed by atoms with Gasteiger partial charge in [0.15, 0.2) is 0 Å². The van der Waals surface area contributed by atoms with E-state index in [0.29, 0.717) is 24.9 Å². The number of hydrogen-bond donors (Lipinski definition) is 0. The Hall–Kier alpha value is -1.98. The van der Waals surface area contributed by atoms with Gasteiger partial charge in [0.25, 0.3) is 0 Å². The molecule has 4 atom stereocenters. The molecule has 3 radical (unpaired) electrons. The first kappa shape index (κ1) is 24.0. The lowest BCUT2D eigenvalue weighted by Gasteiger charge is -2.28. The molecule has 0 saturated heterocycles. The molecule has 143 valence electrons. The lowest BCUT2D eigenvalue weighted by Crippen LogP contribution is -2.27. The van der Waals surface area contributed by atoms with Crippen LogP contribution in [0.4, 0.5) is 0 Å². The molecule has 2 aliphatic rings. The zero-order valence-corrected chi connectivity index (χ0v) is 15.8. The summed E-state index contributed by atoms with van der Waals surface area (Å²) >= 11 is 0. The molecule has 0 aromatic rings. The molecule has 2 fully saturated rings. The molecule has 2 rings (SSSR count). The zero-order valence-electron chi connectivity index (χ0n) is 15.8. The van der Waals surface area contributed by atoms with Gasteiger partial charge >= 0.3 is 0 Å². The Morgan fingerprint density at radius 1 is 0.846 bits per heavy atom. The standard InChI is InChI=1S/C9H15N3O.C8H13N3O.B.H2/c1-7(13)9-5-3-2-4-8(9)6-11-12-10;1-6(12)8-4-2-3-7(8)5-10-11-9;;/h8-9H,2-6H2,1H3;7-8H,2-5H2,1H3;;1H/i;;;1+1. The number of carbonyl (C=O) groups excluding carboxylic acids is 2. The van der Waals surface area contributed by atoms with Gasteiger partial charge in [-0.2, -0.15) is 0 Å². The monoisotopic (exact) mass is 362 g/mol. The Kier molecular flexibility index (Phi) is 12.3. The van der Waals surface area contributed by atoms with Gasteiger partial charge in [-0.05, 0) is 62.4 Å². The predicted molar refractivity (Wildman–Crippen MR) is 104 cm³/mol. The van der Waals surface area contributed by atoms with Crippen LogP contribution in [0.25, 0.3) is 20.9 Å². The topological polar surface area (TPSA) is 132 Å². The summed E-state index contributed by atoms with van der Waals surface area (Å²) in [6.07, 6.45) is 7.40. The van der Waals surface area contributed by atoms with Crippen LogP contribution in [0.1, 0.15) is 60.2 Å². The maximum atomic E-state index is 11.2. The van der Waals surface area contributed by atoms with E-state index in [2.05, 4.69) is 20.1 Å². The summed E-state index contributed by atoms with van der Waals surface area (Å²) in [6.45, 7) is 4.24. The van der Waals surface area contributed by atoms with Gasteiger partial charge in [0.1, 0.15) is 11.6 Å². The Morgan fingerprint density at radius 3 is 1.65 bits per heavy atom. The lowest BCUT2D eigenvalue weighted by atomic mass is 9.77. The van der Waals surface area contributed by atoms with E-state index in [9.17, 15) is 9.59 Å². The molecule has 26 heavy (non-hydrogen) atoms. The summed E-state index contributed by atoms with van der Waals surface area (Å²) in [5.74, 6) is 1.37. The number of carbonyl (C=O) groups is 2. The summed E-state index contributed by atoms with van der Waals surface area (Å²) in [6, 6.07) is 0. The fraction of sp³-hybridized carbons (Fsp3) is 0.882. The van der Waals surface area contributed by atoms with Crippen molar-refractivity contribution < 1.29 is 11.0 Å². The summed E-state index contributed by atoms with van der Waals surface area (Å²) in [5, 5.41) is 7.07. The third kappa shape index (κ3) is 7.94. The number of hydrogen-bond acceptors (Lipinski definition) is 4. The lowest BCUT2D eigenvalue weighted by molar-refractivity contribution is -0.123. The molecule has 2 saturated carbocycles. The molecule has 9 heteroatoms. The highest BCUT2D eigenvalue weighted by molar-refractivity contribution is 5.79. The van der Waals surface area contributed by atoms with Crippen molar-refractivity contribution >= 4 is 20.0 Å². The maximum absolute atomic E-state index is 11.2. The average molecular weight is 362 g/mol. The highest BCUT2D eigenvalue weighted by atomic mass is 16.1. The fourth-order valence-electron chi connectivity index (χ4n) is 4.03. The molecule has 0 aliphatic heterocycles. The average Bonchev–Trinajstić information content (AvgIpc) is 3.07. The minimum absolute atomic E-state index is 0. The molecule has 2 aliphatic carbocycles. The SMILES string of the molecule is CC(=O)C1CCCC1CN=[N+]=[N-].CC(=O)C1CCCCC1CN=[N+]=[N-].[2HH].[B]. The van der Waals surface area contributed by atoms with Gasteiger partial charge in [-0.1, -0.05) is 29.5 Å². The molecule has 0 spiro atoms. The van der Waals surface area contributed by atoms with Crippen LogP contribution in [0.3, 0.4) is 0 Å². The molecular formula is C17H30BN6O2. The number of nitrogens with zero attached hydrogens (tertiary/aromatic N) is 6. The first-order valence-corrected chi connectivity index (χ1v) is 9.03. The largest absolute Gasteiger partial charge is 0.300 e. The second kappa shape index (κ2) is 13.3. The van der Waals surface area contributed by atoms with Crippen molar-refractivity contribution in [2.45, 2.75) is 58.8 Å². The smallest absolute Gasteiger partial charge is 0.133 e. The van der Waals surface area contributed by atoms with Crippen molar-refractivity contribution in [3.05, 3.63) is 20.9 Å². The third-order valence-corrected chi connectivity index (χ3v) is 5.37. The highest BCUT2D eigenvalue weighted by Crippen LogP contribution is 2.32. The van der Waals surface area contributed by atoms with Crippen molar-refractivity contribution in [3.8, 4) is 0 Å². The molecule has 8 nitrogen and oxygen atoms in total. The van der Waals surface area contributed by atoms with Crippen molar-refractivity contribution in [1.82, 2.24) is 0 Å². The van der Waals surface area contributed by atoms with E-state index in [4.69, 9.17) is 11.1 Å². The number of rotatable bonds is 6. The van der Waals surface area contributed by atoms with Crippen molar-refractivity contribution in [2.24, 2.45) is 33.9 Å². The molecule has 0 N–H and O–H groups in total. The molecule has 0 aromatic carbocycles. The zero-order chi connectivity index (χ0) is 18.7. The van der Waals surface area contributed by atoms with E-state index in [0.717, 1.165) is 44.9 Å². The van der Waals surface area contributed by atoms with Gasteiger partial charge in [-0.15, -0.1) is 0 Å². The minimum atomic E-state index is 0. The fourth-order valence-corrected chi connectivity index (χ4v) is 4.03. The molecule has 0 amide bonds. The number of Topliss-reactive ketones (excluding diaryl/α,β-unsaturated/α-hetero) is 2. The van der Waals surface area contributed by atoms with E-state index < -0.39 is 0 Å². The van der Waals surface area contributed by atoms with Gasteiger partial charge in [-0.3, -0.25) is 9.59 Å². The van der Waals surface area contributed by atoms with Crippen molar-refractivity contribution in [1.29, 1.82) is 0 Å². The Morgan fingerprint density at radius 2 is 1.23 bits per heavy atom. The van der Waals surface area contributed by atoms with Gasteiger partial charge in [0.2, 0.25) is 0 Å². The first-order valence-electron chi connectivity index (χ1n) is 9.03. The summed E-state index contributed by atoms with van der Waals surface area (Å²) in [7, 11) is 0. The first-order chi connectivity index (χ1) is 12.0. The molecule has 0 bridgehead atoms. The van der Waals surface area contributed by atoms with Crippen LogP contribution < -0.4 is 0 Å². The van der Waals surface area contributed by atoms with Crippen LogP contribution in [0.5, 0.6) is 0 Å². The Labute approximate surface area is 158 Å². The van der Waals surface area contributed by atoms with Gasteiger partial charge in [0.05, 0.1) is 0 Å². The molecule has 4 unspecified atom stereocenters. The maximum Gasteiger partial charge on any atom is 0.133 e. The van der Waals surface area contributed by atoms with E-state index in [1.165, 1.54) is 0 Å². The van der Waals surface area contributed by atoms with Crippen LogP contribution in [0.2, 0.25) is 0 Å². The van der Waals surface area contributed by atoms with Crippen LogP contribution in [0, 0.1) is 23.7 Å². The van der Waals surface area contributed by atoms with Gasteiger partial charge in [0, 0.05) is 44.6 Å². The van der Waals surface area contributed by atoms with E-state index in [1.54, 1.807) is 13.8 Å². The second-order valence-electron chi connectivity index (χ2n) is 7.00. The van der Waals surface area contributed by atoms with Crippen molar-refractivity contribution in [2.75, 3.05) is 13.1 Å². The number of azide groups is 2. The van der Waals surface area contributed by atoms with E-state index in [-0.39, 0.29) is 33.2 Å². The summed E-state index contributed by atoms with van der Waals surface area (Å²) in [5.41, 5.74) is 16.3. The van der Waals surface area contributed by atoms with E-state index in [1.807, 2.05) is 0 Å². The van der Waals surface area contributed by atoms with Crippen LogP contribution in [-0.2, 0) is 9.59 Å².